The Labute approximate surface area is 759 Å². The maximum Gasteiger partial charge on any atom is 0.329 e. The van der Waals surface area contributed by atoms with E-state index in [0.717, 1.165) is 150 Å². The predicted octanol–water partition coefficient (Wildman–Crippen LogP) is 13.9. The number of aliphatic hydroxyl groups is 4. The number of nitrogens with zero attached hydrogens (tertiary/aromatic N) is 20. The maximum absolute atomic E-state index is 13.5. The van der Waals surface area contributed by atoms with Crippen LogP contribution in [0.4, 0.5) is 87.9 Å². The van der Waals surface area contributed by atoms with Crippen LogP contribution >= 0.6 is 23.2 Å². The van der Waals surface area contributed by atoms with Crippen LogP contribution in [0.1, 0.15) is 66.4 Å². The molecule has 8 amide bonds. The van der Waals surface area contributed by atoms with Crippen molar-refractivity contribution in [1.82, 2.24) is 54.6 Å². The average Bonchev–Trinajstić information content (AvgIpc) is 1.56. The molecule has 0 saturated carbocycles. The van der Waals surface area contributed by atoms with Gasteiger partial charge in [-0.1, -0.05) is 35.3 Å². The van der Waals surface area contributed by atoms with Gasteiger partial charge in [-0.2, -0.15) is 15.3 Å². The minimum Gasteiger partial charge on any atom is -0.475 e. The van der Waals surface area contributed by atoms with Crippen molar-refractivity contribution in [1.29, 1.82) is 5.26 Å². The van der Waals surface area contributed by atoms with E-state index in [9.17, 15) is 34.7 Å². The fourth-order valence-electron chi connectivity index (χ4n) is 17.7. The highest BCUT2D eigenvalue weighted by Gasteiger charge is 2.46. The Bertz CT molecular complexity index is 6290. The number of ether oxygens (including phenoxy) is 2. The standard InChI is InChI=1S/C24H25ClN6O4.C24H25N5O.C23H26ClN7O4.C23H20N6O/c1-14-9-15(5-7-26-14)22-18(25)10-19-23(29-22)31(16-6-8-30(19)11-16)24(34)28-20-3-2-4-21(27-20)35-13-17(33)12-32;1-15-11-18(6-9-26-15)21-12-22-23(17(3)16(21)2)28-10-7-20(14-28)29(22)24(30)27-19-5-4-8-25-13-19;1-2-30-10-14(9-26-30)21-18(24)8-19-22(28-21)31(16-4-6-29(19)11-16)23(34)27-15-3-5-25-20(7-15)35-13-17(33)12-32;1-15-10-16(5-8-25-15)19-12-21-20(11-17(19)13-24)28-9-6-18(14-28)29(21)23(30)27-22-4-2-3-7-26-22/h2-5,7,9-10,16-17,32-33H,6,8,11-13H2,1H3,(H,27,28,34);4-6,8-9,11-13,20H,7,10,14H2,1-3H3,(H,27,30);3,5,7-10,16-17,32-33H,2,4,6,11-13H2,1H3,(H,25,27,34);2-5,7-8,10-12,18H,6,9,14H2,1H3,(H,26,27,30)/t16-,17-;20-;16-,17+;18-/m0000/s1. The lowest BCUT2D eigenvalue weighted by molar-refractivity contribution is 0.0521. The molecule has 8 bridgehead atoms. The smallest absolute Gasteiger partial charge is 0.329 e. The van der Waals surface area contributed by atoms with Gasteiger partial charge in [0.05, 0.1) is 123 Å². The molecule has 10 aromatic heterocycles. The molecule has 666 valence electrons. The number of hydrogen-bond donors (Lipinski definition) is 8. The number of halogens is 2. The summed E-state index contributed by atoms with van der Waals surface area (Å²) in [7, 11) is 0. The van der Waals surface area contributed by atoms with Crippen molar-refractivity contribution in [2.45, 2.75) is 110 Å². The third-order valence-corrected chi connectivity index (χ3v) is 24.7. The zero-order chi connectivity index (χ0) is 90.5. The van der Waals surface area contributed by atoms with Crippen LogP contribution in [0, 0.1) is 45.9 Å². The summed E-state index contributed by atoms with van der Waals surface area (Å²) in [4.78, 5) is 109. The van der Waals surface area contributed by atoms with Gasteiger partial charge >= 0.3 is 24.1 Å². The fraction of sp³-hybridized carbons (Fsp3) is 0.309. The van der Waals surface area contributed by atoms with Gasteiger partial charge in [0, 0.05) is 154 Å². The number of fused-ring (bicyclic) bond motifs is 16. The van der Waals surface area contributed by atoms with E-state index in [2.05, 4.69) is 113 Å². The van der Waals surface area contributed by atoms with Gasteiger partial charge in [0.25, 0.3) is 0 Å². The molecule has 2 aromatic carbocycles. The van der Waals surface area contributed by atoms with Crippen molar-refractivity contribution in [3.63, 3.8) is 0 Å². The van der Waals surface area contributed by atoms with Crippen LogP contribution in [0.2, 0.25) is 10.0 Å². The van der Waals surface area contributed by atoms with E-state index in [0.29, 0.717) is 74.7 Å². The first kappa shape index (κ1) is 87.8. The molecule has 0 aliphatic carbocycles. The zero-order valence-electron chi connectivity index (χ0n) is 72.2. The van der Waals surface area contributed by atoms with Gasteiger partial charge < -0.3 is 60.1 Å². The number of nitriles is 1. The van der Waals surface area contributed by atoms with E-state index in [1.54, 1.807) is 88.1 Å². The molecule has 6 atom stereocenters. The van der Waals surface area contributed by atoms with Gasteiger partial charge in [-0.15, -0.1) is 0 Å². The third-order valence-electron chi connectivity index (χ3n) is 24.1. The second kappa shape index (κ2) is 38.4. The second-order valence-electron chi connectivity index (χ2n) is 32.8. The summed E-state index contributed by atoms with van der Waals surface area (Å²) in [6.45, 7) is 18.3. The molecule has 34 nitrogen and oxygen atoms in total. The van der Waals surface area contributed by atoms with Crippen molar-refractivity contribution in [2.75, 3.05) is 139 Å². The monoisotopic (exact) mass is 1790 g/mol. The SMILES string of the molecule is CCn1cc(-c2nc3c(cc2Cl)N2CC[C@@H](C2)N3C(=O)Nc2ccnc(OC[C@H](O)CO)c2)cn1.Cc1cc(-c2cc3c(c(C)c2C)N2CC[C@@H](C2)N3C(=O)Nc2cccnc2)ccn1.Cc1cc(-c2cc3c(cc2C#N)N2CC[C@@H](C2)N3C(=O)Nc2ccccn2)ccn1.Cc1cc(-c2nc3c(cc2Cl)N2CC[C@@H](C2)N3C(=O)Nc2cccc(OC[C@@H](O)CO)n2)ccn1. The molecule has 0 unspecified atom stereocenters. The minimum absolute atomic E-state index is 0.0281. The van der Waals surface area contributed by atoms with Crippen molar-refractivity contribution in [2.24, 2.45) is 0 Å². The molecular weight excluding hydrogens is 1700 g/mol. The number of benzene rings is 2. The molecule has 8 aliphatic heterocycles. The lowest BCUT2D eigenvalue weighted by Crippen LogP contribution is -2.48. The Balaban J connectivity index is 0.000000122. The number of amides is 8. The Kier molecular flexibility index (Phi) is 25.9. The second-order valence-corrected chi connectivity index (χ2v) is 33.6. The number of urea groups is 4. The van der Waals surface area contributed by atoms with Gasteiger partial charge in [0.15, 0.2) is 11.6 Å². The minimum atomic E-state index is -1.01. The van der Waals surface area contributed by atoms with Crippen molar-refractivity contribution in [3.8, 4) is 62.6 Å². The van der Waals surface area contributed by atoms with Crippen LogP contribution < -0.4 is 69.9 Å². The Hall–Kier alpha value is -14.2. The first-order chi connectivity index (χ1) is 63.0. The molecule has 20 rings (SSSR count). The quantitative estimate of drug-likeness (QED) is 0.0420. The summed E-state index contributed by atoms with van der Waals surface area (Å²) in [6.07, 6.45) is 16.9. The van der Waals surface area contributed by atoms with Crippen LogP contribution in [-0.2, 0) is 6.54 Å². The van der Waals surface area contributed by atoms with Crippen LogP contribution in [0.15, 0.2) is 183 Å². The number of hydrogen-bond acceptors (Lipinski definition) is 25. The number of carbonyl (C=O) groups is 4. The molecule has 36 heteroatoms. The van der Waals surface area contributed by atoms with E-state index in [-0.39, 0.29) is 73.3 Å². The van der Waals surface area contributed by atoms with Crippen molar-refractivity contribution >= 4 is 116 Å². The Morgan fingerprint density at radius 3 is 1.59 bits per heavy atom. The average molecular weight is 1790 g/mol. The van der Waals surface area contributed by atoms with E-state index in [1.807, 2.05) is 129 Å². The summed E-state index contributed by atoms with van der Waals surface area (Å²) in [5.41, 5.74) is 19.3. The van der Waals surface area contributed by atoms with E-state index >= 15 is 0 Å². The topological polar surface area (TPSA) is 399 Å². The molecular formula is C94H96Cl2N24O10. The fourth-order valence-corrected chi connectivity index (χ4v) is 18.2. The first-order valence-electron chi connectivity index (χ1n) is 43.0. The normalized spacial score (nSPS) is 17.1. The van der Waals surface area contributed by atoms with Gasteiger partial charge in [-0.3, -0.25) is 54.9 Å². The zero-order valence-corrected chi connectivity index (χ0v) is 73.8. The van der Waals surface area contributed by atoms with Crippen molar-refractivity contribution in [3.05, 3.63) is 227 Å². The summed E-state index contributed by atoms with van der Waals surface area (Å²) >= 11 is 13.3. The van der Waals surface area contributed by atoms with Crippen LogP contribution in [-0.4, -0.2) is 214 Å². The van der Waals surface area contributed by atoms with E-state index in [1.165, 1.54) is 23.0 Å². The summed E-state index contributed by atoms with van der Waals surface area (Å²) in [5.74, 6) is 2.36. The largest absolute Gasteiger partial charge is 0.475 e. The van der Waals surface area contributed by atoms with Gasteiger partial charge in [0.2, 0.25) is 11.8 Å². The number of nitrogens with one attached hydrogen (secondary N) is 4. The number of pyridine rings is 9. The predicted molar refractivity (Wildman–Crippen MR) is 499 cm³/mol. The molecule has 8 aliphatic rings. The van der Waals surface area contributed by atoms with Crippen LogP contribution in [0.25, 0.3) is 44.8 Å². The van der Waals surface area contributed by atoms with Gasteiger partial charge in [-0.25, -0.2) is 39.1 Å². The number of anilines is 12. The molecule has 130 heavy (non-hydrogen) atoms. The highest BCUT2D eigenvalue weighted by Crippen LogP contribution is 2.50. The molecule has 4 saturated heterocycles. The number of carbonyl (C=O) groups excluding carboxylic acids is 4. The van der Waals surface area contributed by atoms with Gasteiger partial charge in [0.1, 0.15) is 37.1 Å². The van der Waals surface area contributed by atoms with E-state index in [4.69, 9.17) is 52.9 Å². The lowest BCUT2D eigenvalue weighted by atomic mass is 9.93. The molecule has 12 aromatic rings. The Morgan fingerprint density at radius 1 is 0.477 bits per heavy atom. The summed E-state index contributed by atoms with van der Waals surface area (Å²) < 4.78 is 12.6. The highest BCUT2D eigenvalue weighted by atomic mass is 35.5. The molecule has 8 N–H and O–H groups in total. The molecule has 0 spiro atoms. The lowest BCUT2D eigenvalue weighted by Gasteiger charge is -2.38. The Morgan fingerprint density at radius 2 is 1.00 bits per heavy atom. The number of aromatic nitrogens is 11. The molecule has 18 heterocycles. The highest BCUT2D eigenvalue weighted by molar-refractivity contribution is 6.34. The van der Waals surface area contributed by atoms with E-state index < -0.39 is 25.4 Å². The number of aryl methyl sites for hydroxylation is 4. The van der Waals surface area contributed by atoms with Gasteiger partial charge in [-0.05, 0) is 198 Å². The molecule has 4 fully saturated rings. The molecule has 0 radical (unpaired) electrons. The number of rotatable bonds is 17. The number of aliphatic hydroxyl groups excluding tert-OH is 4. The van der Waals surface area contributed by atoms with Crippen molar-refractivity contribution < 1.29 is 49.1 Å². The third kappa shape index (κ3) is 18.6. The summed E-state index contributed by atoms with van der Waals surface area (Å²) in [6, 6.07) is 40.3. The maximum atomic E-state index is 13.5. The van der Waals surface area contributed by atoms with Crippen LogP contribution in [0.5, 0.6) is 11.8 Å². The first-order valence-corrected chi connectivity index (χ1v) is 43.7. The summed E-state index contributed by atoms with van der Waals surface area (Å²) in [5, 5.41) is 63.7. The van der Waals surface area contributed by atoms with Crippen LogP contribution in [0.3, 0.4) is 0 Å².